The lowest BCUT2D eigenvalue weighted by Gasteiger charge is -2.20. The summed E-state index contributed by atoms with van der Waals surface area (Å²) in [7, 11) is 0. The smallest absolute Gasteiger partial charge is 0.124 e. The van der Waals surface area contributed by atoms with E-state index in [2.05, 4.69) is 17.2 Å². The highest BCUT2D eigenvalue weighted by Gasteiger charge is 2.24. The van der Waals surface area contributed by atoms with E-state index in [1.165, 1.54) is 12.8 Å². The lowest BCUT2D eigenvalue weighted by Crippen LogP contribution is -2.33. The van der Waals surface area contributed by atoms with Gasteiger partial charge in [0.25, 0.3) is 0 Å². The minimum absolute atomic E-state index is 0.459. The van der Waals surface area contributed by atoms with Gasteiger partial charge >= 0.3 is 0 Å². The van der Waals surface area contributed by atoms with Gasteiger partial charge in [0, 0.05) is 12.5 Å². The Morgan fingerprint density at radius 3 is 2.92 bits per heavy atom. The molecular weight excluding hydrogens is 150 g/mol. The van der Waals surface area contributed by atoms with Crippen LogP contribution in [-0.4, -0.2) is 23.3 Å². The molecule has 2 N–H and O–H groups in total. The third-order valence-electron chi connectivity index (χ3n) is 2.20. The van der Waals surface area contributed by atoms with Gasteiger partial charge < -0.3 is 10.4 Å². The maximum atomic E-state index is 9.76. The maximum absolute atomic E-state index is 9.76. The molecule has 68 valence electrons. The highest BCUT2D eigenvalue weighted by atomic mass is 16.3. The molecule has 1 rings (SSSR count). The predicted octanol–water partition coefficient (Wildman–Crippen LogP) is 0.903. The first-order valence-electron chi connectivity index (χ1n) is 4.54. The van der Waals surface area contributed by atoms with Crippen LogP contribution in [0.3, 0.4) is 0 Å². The Bertz CT molecular complexity index is 194. The Balaban J connectivity index is 2.40. The van der Waals surface area contributed by atoms with Crippen molar-refractivity contribution < 1.29 is 5.11 Å². The minimum atomic E-state index is -0.809. The summed E-state index contributed by atoms with van der Waals surface area (Å²) < 4.78 is 0. The molecule has 0 spiro atoms. The fourth-order valence-corrected chi connectivity index (χ4v) is 1.73. The summed E-state index contributed by atoms with van der Waals surface area (Å²) in [6.45, 7) is 4.63. The van der Waals surface area contributed by atoms with Gasteiger partial charge in [0.1, 0.15) is 5.60 Å². The minimum Gasteiger partial charge on any atom is -0.378 e. The quantitative estimate of drug-likeness (QED) is 0.599. The molecule has 12 heavy (non-hydrogen) atoms. The van der Waals surface area contributed by atoms with Gasteiger partial charge in [-0.05, 0) is 33.2 Å². The summed E-state index contributed by atoms with van der Waals surface area (Å²) in [6, 6.07) is 0.459. The maximum Gasteiger partial charge on any atom is 0.124 e. The van der Waals surface area contributed by atoms with Crippen LogP contribution in [0, 0.1) is 11.8 Å². The molecule has 0 aromatic rings. The van der Waals surface area contributed by atoms with Gasteiger partial charge in [-0.1, -0.05) is 5.92 Å². The Morgan fingerprint density at radius 2 is 2.42 bits per heavy atom. The SMILES string of the molecule is CC#CC(C)(O)CC1CCCN1. The van der Waals surface area contributed by atoms with E-state index in [0.29, 0.717) is 6.04 Å². The van der Waals surface area contributed by atoms with Crippen molar-refractivity contribution in [2.45, 2.75) is 44.8 Å². The van der Waals surface area contributed by atoms with Crippen LogP contribution >= 0.6 is 0 Å². The topological polar surface area (TPSA) is 32.3 Å². The van der Waals surface area contributed by atoms with Crippen LogP contribution in [0.1, 0.15) is 33.1 Å². The van der Waals surface area contributed by atoms with Crippen LogP contribution in [0.4, 0.5) is 0 Å². The molecule has 1 fully saturated rings. The van der Waals surface area contributed by atoms with Crippen molar-refractivity contribution in [1.29, 1.82) is 0 Å². The largest absolute Gasteiger partial charge is 0.378 e. The number of nitrogens with one attached hydrogen (secondary N) is 1. The van der Waals surface area contributed by atoms with Crippen molar-refractivity contribution in [2.75, 3.05) is 6.54 Å². The summed E-state index contributed by atoms with van der Waals surface area (Å²) >= 11 is 0. The van der Waals surface area contributed by atoms with Crippen LogP contribution in [0.5, 0.6) is 0 Å². The van der Waals surface area contributed by atoms with Gasteiger partial charge in [-0.25, -0.2) is 0 Å². The molecule has 2 atom stereocenters. The van der Waals surface area contributed by atoms with E-state index in [4.69, 9.17) is 0 Å². The van der Waals surface area contributed by atoms with E-state index in [0.717, 1.165) is 13.0 Å². The average molecular weight is 167 g/mol. The van der Waals surface area contributed by atoms with Crippen LogP contribution in [0.25, 0.3) is 0 Å². The normalized spacial score (nSPS) is 27.4. The molecule has 0 bridgehead atoms. The van der Waals surface area contributed by atoms with Gasteiger partial charge in [0.2, 0.25) is 0 Å². The molecule has 0 aliphatic carbocycles. The summed E-state index contributed by atoms with van der Waals surface area (Å²) in [5, 5.41) is 13.1. The number of hydrogen-bond acceptors (Lipinski definition) is 2. The van der Waals surface area contributed by atoms with Gasteiger partial charge in [0.05, 0.1) is 0 Å². The zero-order valence-electron chi connectivity index (χ0n) is 7.85. The Morgan fingerprint density at radius 1 is 1.67 bits per heavy atom. The number of rotatable bonds is 2. The number of aliphatic hydroxyl groups is 1. The van der Waals surface area contributed by atoms with Crippen LogP contribution < -0.4 is 5.32 Å². The van der Waals surface area contributed by atoms with Gasteiger partial charge in [0.15, 0.2) is 0 Å². The van der Waals surface area contributed by atoms with Gasteiger partial charge in [-0.3, -0.25) is 0 Å². The van der Waals surface area contributed by atoms with E-state index in [9.17, 15) is 5.11 Å². The molecule has 0 aromatic carbocycles. The van der Waals surface area contributed by atoms with E-state index in [-0.39, 0.29) is 0 Å². The van der Waals surface area contributed by atoms with Gasteiger partial charge in [-0.15, -0.1) is 5.92 Å². The highest BCUT2D eigenvalue weighted by Crippen LogP contribution is 2.17. The standard InChI is InChI=1S/C10H17NO/c1-3-6-10(2,12)8-9-5-4-7-11-9/h9,11-12H,4-5,7-8H2,1-2H3. The Labute approximate surface area is 74.4 Å². The lowest BCUT2D eigenvalue weighted by atomic mass is 9.97. The second-order valence-electron chi connectivity index (χ2n) is 3.65. The molecule has 2 unspecified atom stereocenters. The molecule has 1 saturated heterocycles. The number of hydrogen-bond donors (Lipinski definition) is 2. The third kappa shape index (κ3) is 2.84. The van der Waals surface area contributed by atoms with E-state index < -0.39 is 5.60 Å². The monoisotopic (exact) mass is 167 g/mol. The summed E-state index contributed by atoms with van der Waals surface area (Å²) in [5.74, 6) is 5.57. The van der Waals surface area contributed by atoms with E-state index >= 15 is 0 Å². The summed E-state index contributed by atoms with van der Waals surface area (Å²) in [5.41, 5.74) is -0.809. The molecule has 0 radical (unpaired) electrons. The average Bonchev–Trinajstić information content (AvgIpc) is 2.38. The first-order valence-corrected chi connectivity index (χ1v) is 4.54. The molecule has 1 heterocycles. The molecule has 0 saturated carbocycles. The van der Waals surface area contributed by atoms with Crippen molar-refractivity contribution in [3.63, 3.8) is 0 Å². The fraction of sp³-hybridized carbons (Fsp3) is 0.800. The van der Waals surface area contributed by atoms with Crippen molar-refractivity contribution in [1.82, 2.24) is 5.32 Å². The molecule has 2 heteroatoms. The van der Waals surface area contributed by atoms with Crippen molar-refractivity contribution in [2.24, 2.45) is 0 Å². The fourth-order valence-electron chi connectivity index (χ4n) is 1.73. The second kappa shape index (κ2) is 3.93. The third-order valence-corrected chi connectivity index (χ3v) is 2.20. The molecule has 1 aliphatic heterocycles. The predicted molar refractivity (Wildman–Crippen MR) is 49.7 cm³/mol. The zero-order chi connectivity index (χ0) is 9.03. The molecular formula is C10H17NO. The first kappa shape index (κ1) is 9.57. The summed E-state index contributed by atoms with van der Waals surface area (Å²) in [6.07, 6.45) is 3.13. The van der Waals surface area contributed by atoms with Crippen molar-refractivity contribution in [3.8, 4) is 11.8 Å². The highest BCUT2D eigenvalue weighted by molar-refractivity contribution is 5.11. The Kier molecular flexibility index (Phi) is 3.13. The van der Waals surface area contributed by atoms with Crippen LogP contribution in [-0.2, 0) is 0 Å². The lowest BCUT2D eigenvalue weighted by molar-refractivity contribution is 0.101. The van der Waals surface area contributed by atoms with Crippen LogP contribution in [0.15, 0.2) is 0 Å². The van der Waals surface area contributed by atoms with Crippen molar-refractivity contribution >= 4 is 0 Å². The van der Waals surface area contributed by atoms with E-state index in [1.54, 1.807) is 13.8 Å². The summed E-state index contributed by atoms with van der Waals surface area (Å²) in [4.78, 5) is 0. The van der Waals surface area contributed by atoms with Crippen LogP contribution in [0.2, 0.25) is 0 Å². The Hall–Kier alpha value is -0.520. The zero-order valence-corrected chi connectivity index (χ0v) is 7.85. The molecule has 0 aromatic heterocycles. The van der Waals surface area contributed by atoms with Gasteiger partial charge in [-0.2, -0.15) is 0 Å². The first-order chi connectivity index (χ1) is 5.64. The molecule has 0 amide bonds. The second-order valence-corrected chi connectivity index (χ2v) is 3.65. The molecule has 2 nitrogen and oxygen atoms in total. The van der Waals surface area contributed by atoms with E-state index in [1.807, 2.05) is 0 Å². The van der Waals surface area contributed by atoms with Crippen molar-refractivity contribution in [3.05, 3.63) is 0 Å². The molecule has 1 aliphatic rings.